The molecule has 3 rings (SSSR count). The zero-order chi connectivity index (χ0) is 19.6. The molecule has 27 heavy (non-hydrogen) atoms. The molecule has 140 valence electrons. The molecule has 1 fully saturated rings. The second-order valence-corrected chi connectivity index (χ2v) is 6.68. The minimum atomic E-state index is -0.430. The predicted molar refractivity (Wildman–Crippen MR) is 103 cm³/mol. The summed E-state index contributed by atoms with van der Waals surface area (Å²) in [5.74, 6) is -1.12. The first kappa shape index (κ1) is 18.6. The van der Waals surface area contributed by atoms with Gasteiger partial charge in [-0.3, -0.25) is 9.59 Å². The maximum atomic E-state index is 12.6. The number of aryl methyl sites for hydroxylation is 1. The van der Waals surface area contributed by atoms with E-state index in [2.05, 4.69) is 10.1 Å². The summed E-state index contributed by atoms with van der Waals surface area (Å²) in [6.07, 6.45) is 0.162. The number of carbonyl (C=O) groups excluding carboxylic acids is 3. The molecule has 0 spiro atoms. The third-order valence-corrected chi connectivity index (χ3v) is 4.96. The second-order valence-electron chi connectivity index (χ2n) is 6.68. The highest BCUT2D eigenvalue weighted by Gasteiger charge is 2.35. The van der Waals surface area contributed by atoms with Crippen molar-refractivity contribution in [2.75, 3.05) is 23.9 Å². The zero-order valence-corrected chi connectivity index (χ0v) is 15.6. The van der Waals surface area contributed by atoms with E-state index >= 15 is 0 Å². The van der Waals surface area contributed by atoms with Crippen LogP contribution in [0.3, 0.4) is 0 Å². The Morgan fingerprint density at radius 3 is 2.48 bits per heavy atom. The van der Waals surface area contributed by atoms with E-state index < -0.39 is 11.9 Å². The summed E-state index contributed by atoms with van der Waals surface area (Å²) in [7, 11) is 1.32. The van der Waals surface area contributed by atoms with Crippen molar-refractivity contribution in [1.82, 2.24) is 0 Å². The minimum Gasteiger partial charge on any atom is -0.465 e. The Balaban J connectivity index is 1.70. The van der Waals surface area contributed by atoms with Gasteiger partial charge in [0, 0.05) is 24.3 Å². The van der Waals surface area contributed by atoms with Crippen molar-refractivity contribution in [3.05, 3.63) is 59.2 Å². The number of esters is 1. The molecule has 1 saturated heterocycles. The van der Waals surface area contributed by atoms with Crippen molar-refractivity contribution in [2.45, 2.75) is 20.3 Å². The van der Waals surface area contributed by atoms with Gasteiger partial charge in [-0.1, -0.05) is 12.1 Å². The van der Waals surface area contributed by atoms with E-state index in [1.807, 2.05) is 32.0 Å². The van der Waals surface area contributed by atoms with Crippen LogP contribution in [0.2, 0.25) is 0 Å². The van der Waals surface area contributed by atoms with Gasteiger partial charge in [0.25, 0.3) is 0 Å². The van der Waals surface area contributed by atoms with Crippen LogP contribution in [0, 0.1) is 19.8 Å². The van der Waals surface area contributed by atoms with Crippen LogP contribution in [0.4, 0.5) is 11.4 Å². The maximum Gasteiger partial charge on any atom is 0.337 e. The van der Waals surface area contributed by atoms with Crippen molar-refractivity contribution in [2.24, 2.45) is 5.92 Å². The number of benzene rings is 2. The molecular formula is C21H22N2O4. The van der Waals surface area contributed by atoms with E-state index in [9.17, 15) is 14.4 Å². The highest BCUT2D eigenvalue weighted by Crippen LogP contribution is 2.27. The maximum absolute atomic E-state index is 12.6. The van der Waals surface area contributed by atoms with E-state index in [1.165, 1.54) is 7.11 Å². The Bertz CT molecular complexity index is 890. The monoisotopic (exact) mass is 366 g/mol. The Hall–Kier alpha value is -3.15. The van der Waals surface area contributed by atoms with E-state index in [4.69, 9.17) is 0 Å². The van der Waals surface area contributed by atoms with Crippen molar-refractivity contribution in [3.8, 4) is 0 Å². The summed E-state index contributed by atoms with van der Waals surface area (Å²) >= 11 is 0. The molecule has 1 aliphatic rings. The molecule has 0 saturated carbocycles. The molecular weight excluding hydrogens is 344 g/mol. The molecule has 2 aromatic rings. The van der Waals surface area contributed by atoms with E-state index in [0.717, 1.165) is 16.8 Å². The number of hydrogen-bond donors (Lipinski definition) is 1. The number of nitrogens with one attached hydrogen (secondary N) is 1. The fraction of sp³-hybridized carbons (Fsp3) is 0.286. The molecule has 2 amide bonds. The third-order valence-electron chi connectivity index (χ3n) is 4.96. The first-order valence-corrected chi connectivity index (χ1v) is 8.76. The standard InChI is InChI=1S/C21H22N2O4/c1-13-5-4-6-18(14(13)2)22-20(25)16-11-19(24)23(12-16)17-9-7-15(8-10-17)21(26)27-3/h4-10,16H,11-12H2,1-3H3,(H,22,25). The summed E-state index contributed by atoms with van der Waals surface area (Å²) in [5.41, 5.74) is 3.97. The van der Waals surface area contributed by atoms with Gasteiger partial charge in [0.2, 0.25) is 11.8 Å². The first-order valence-electron chi connectivity index (χ1n) is 8.76. The fourth-order valence-corrected chi connectivity index (χ4v) is 3.15. The van der Waals surface area contributed by atoms with Gasteiger partial charge >= 0.3 is 5.97 Å². The van der Waals surface area contributed by atoms with Crippen LogP contribution >= 0.6 is 0 Å². The van der Waals surface area contributed by atoms with Crippen molar-refractivity contribution < 1.29 is 19.1 Å². The van der Waals surface area contributed by atoms with Gasteiger partial charge in [-0.25, -0.2) is 4.79 Å². The number of amides is 2. The lowest BCUT2D eigenvalue weighted by Crippen LogP contribution is -2.28. The first-order chi connectivity index (χ1) is 12.9. The van der Waals surface area contributed by atoms with Gasteiger partial charge < -0.3 is 15.0 Å². The van der Waals surface area contributed by atoms with Crippen molar-refractivity contribution in [3.63, 3.8) is 0 Å². The molecule has 6 heteroatoms. The number of rotatable bonds is 4. The summed E-state index contributed by atoms with van der Waals surface area (Å²) in [4.78, 5) is 38.1. The molecule has 1 aliphatic heterocycles. The molecule has 1 unspecified atom stereocenters. The van der Waals surface area contributed by atoms with E-state index in [-0.39, 0.29) is 18.2 Å². The third kappa shape index (κ3) is 3.84. The average molecular weight is 366 g/mol. The summed E-state index contributed by atoms with van der Waals surface area (Å²) in [6, 6.07) is 12.3. The van der Waals surface area contributed by atoms with Gasteiger partial charge in [-0.15, -0.1) is 0 Å². The highest BCUT2D eigenvalue weighted by molar-refractivity contribution is 6.04. The summed E-state index contributed by atoms with van der Waals surface area (Å²) < 4.78 is 4.67. The average Bonchev–Trinajstić information content (AvgIpc) is 3.07. The quantitative estimate of drug-likeness (QED) is 0.844. The Labute approximate surface area is 158 Å². The van der Waals surface area contributed by atoms with Crippen LogP contribution in [-0.2, 0) is 14.3 Å². The number of carbonyl (C=O) groups is 3. The molecule has 1 heterocycles. The largest absolute Gasteiger partial charge is 0.465 e. The van der Waals surface area contributed by atoms with Gasteiger partial charge in [-0.2, -0.15) is 0 Å². The van der Waals surface area contributed by atoms with Crippen molar-refractivity contribution >= 4 is 29.2 Å². The number of nitrogens with zero attached hydrogens (tertiary/aromatic N) is 1. The molecule has 1 N–H and O–H groups in total. The number of anilines is 2. The number of methoxy groups -OCH3 is 1. The molecule has 1 atom stereocenters. The Kier molecular flexibility index (Phi) is 5.26. The normalized spacial score (nSPS) is 16.3. The summed E-state index contributed by atoms with van der Waals surface area (Å²) in [6.45, 7) is 4.26. The molecule has 0 aromatic heterocycles. The van der Waals surface area contributed by atoms with Crippen LogP contribution in [0.1, 0.15) is 27.9 Å². The second kappa shape index (κ2) is 7.61. The van der Waals surface area contributed by atoms with E-state index in [0.29, 0.717) is 17.8 Å². The van der Waals surface area contributed by atoms with Gasteiger partial charge in [0.15, 0.2) is 0 Å². The Morgan fingerprint density at radius 1 is 1.11 bits per heavy atom. The summed E-state index contributed by atoms with van der Waals surface area (Å²) in [5, 5.41) is 2.94. The highest BCUT2D eigenvalue weighted by atomic mass is 16.5. The van der Waals surface area contributed by atoms with Crippen molar-refractivity contribution in [1.29, 1.82) is 0 Å². The Morgan fingerprint density at radius 2 is 1.81 bits per heavy atom. The van der Waals surface area contributed by atoms with Gasteiger partial charge in [0.1, 0.15) is 0 Å². The molecule has 6 nitrogen and oxygen atoms in total. The van der Waals surface area contributed by atoms with Crippen LogP contribution in [-0.4, -0.2) is 31.4 Å². The predicted octanol–water partition coefficient (Wildman–Crippen LogP) is 3.08. The molecule has 0 aliphatic carbocycles. The van der Waals surface area contributed by atoms with Gasteiger partial charge in [-0.05, 0) is 55.3 Å². The lowest BCUT2D eigenvalue weighted by Gasteiger charge is -2.17. The topological polar surface area (TPSA) is 75.7 Å². The number of ether oxygens (including phenoxy) is 1. The molecule has 0 radical (unpaired) electrons. The lowest BCUT2D eigenvalue weighted by molar-refractivity contribution is -0.122. The molecule has 0 bridgehead atoms. The smallest absolute Gasteiger partial charge is 0.337 e. The van der Waals surface area contributed by atoms with Crippen LogP contribution in [0.15, 0.2) is 42.5 Å². The lowest BCUT2D eigenvalue weighted by atomic mass is 10.1. The van der Waals surface area contributed by atoms with Crippen LogP contribution in [0.5, 0.6) is 0 Å². The van der Waals surface area contributed by atoms with Crippen LogP contribution < -0.4 is 10.2 Å². The fourth-order valence-electron chi connectivity index (χ4n) is 3.15. The van der Waals surface area contributed by atoms with Crippen LogP contribution in [0.25, 0.3) is 0 Å². The SMILES string of the molecule is COC(=O)c1ccc(N2CC(C(=O)Nc3cccc(C)c3C)CC2=O)cc1. The zero-order valence-electron chi connectivity index (χ0n) is 15.6. The minimum absolute atomic E-state index is 0.109. The number of hydrogen-bond acceptors (Lipinski definition) is 4. The molecule has 2 aromatic carbocycles. The van der Waals surface area contributed by atoms with Gasteiger partial charge in [0.05, 0.1) is 18.6 Å². The van der Waals surface area contributed by atoms with E-state index in [1.54, 1.807) is 29.2 Å².